The van der Waals surface area contributed by atoms with Crippen LogP contribution in [0.3, 0.4) is 0 Å². The molecule has 0 radical (unpaired) electrons. The fourth-order valence-corrected chi connectivity index (χ4v) is 0.630. The number of aromatic nitrogens is 3. The van der Waals surface area contributed by atoms with Crippen LogP contribution in [0, 0.1) is 0 Å². The molecule has 10 heavy (non-hydrogen) atoms. The molecule has 1 heterocycles. The zero-order valence-electron chi connectivity index (χ0n) is 5.91. The van der Waals surface area contributed by atoms with Crippen LogP contribution in [0.1, 0.15) is 0 Å². The van der Waals surface area contributed by atoms with Crippen molar-refractivity contribution in [3.8, 4) is 0 Å². The van der Waals surface area contributed by atoms with Gasteiger partial charge in [-0.05, 0) is 7.05 Å². The van der Waals surface area contributed by atoms with Gasteiger partial charge in [-0.2, -0.15) is 9.90 Å². The summed E-state index contributed by atoms with van der Waals surface area (Å²) in [5.41, 5.74) is 5.34. The molecule has 0 atom stereocenters. The Hall–Kier alpha value is -1.10. The van der Waals surface area contributed by atoms with Crippen molar-refractivity contribution in [2.75, 3.05) is 19.3 Å². The van der Waals surface area contributed by atoms with Gasteiger partial charge in [0, 0.05) is 6.54 Å². The van der Waals surface area contributed by atoms with E-state index >= 15 is 0 Å². The Bertz CT molecular complexity index is 194. The van der Waals surface area contributed by atoms with Gasteiger partial charge in [-0.25, -0.2) is 0 Å². The lowest BCUT2D eigenvalue weighted by molar-refractivity contribution is 0.521. The molecule has 0 amide bonds. The third-order valence-corrected chi connectivity index (χ3v) is 1.12. The van der Waals surface area contributed by atoms with Crippen LogP contribution < -0.4 is 11.1 Å². The van der Waals surface area contributed by atoms with Crippen molar-refractivity contribution in [3.05, 3.63) is 6.20 Å². The summed E-state index contributed by atoms with van der Waals surface area (Å²) in [6.07, 6.45) is 1.54. The third kappa shape index (κ3) is 1.70. The number of hydrogen-bond donors (Lipinski definition) is 2. The molecule has 0 saturated carbocycles. The Kier molecular flexibility index (Phi) is 2.22. The number of rotatable bonds is 3. The zero-order chi connectivity index (χ0) is 7.40. The Morgan fingerprint density at radius 3 is 3.10 bits per heavy atom. The van der Waals surface area contributed by atoms with Crippen LogP contribution >= 0.6 is 0 Å². The van der Waals surface area contributed by atoms with Gasteiger partial charge in [-0.3, -0.25) is 0 Å². The highest BCUT2D eigenvalue weighted by atomic mass is 15.5. The summed E-state index contributed by atoms with van der Waals surface area (Å²) in [6.45, 7) is 1.61. The Labute approximate surface area is 59.2 Å². The van der Waals surface area contributed by atoms with Crippen molar-refractivity contribution in [2.45, 2.75) is 6.54 Å². The lowest BCUT2D eigenvalue weighted by Gasteiger charge is -1.95. The van der Waals surface area contributed by atoms with E-state index in [-0.39, 0.29) is 0 Å². The number of hydrogen-bond acceptors (Lipinski definition) is 4. The molecule has 0 aliphatic carbocycles. The second-order valence-corrected chi connectivity index (χ2v) is 1.97. The van der Waals surface area contributed by atoms with Crippen LogP contribution in [0.2, 0.25) is 0 Å². The van der Waals surface area contributed by atoms with Crippen molar-refractivity contribution in [3.63, 3.8) is 0 Å². The smallest absolute Gasteiger partial charge is 0.165 e. The topological polar surface area (TPSA) is 68.8 Å². The van der Waals surface area contributed by atoms with Crippen LogP contribution in [0.15, 0.2) is 6.20 Å². The van der Waals surface area contributed by atoms with Gasteiger partial charge in [-0.1, -0.05) is 0 Å². The summed E-state index contributed by atoms with van der Waals surface area (Å²) in [5.74, 6) is 0.469. The Morgan fingerprint density at radius 2 is 2.60 bits per heavy atom. The molecule has 0 fully saturated rings. The third-order valence-electron chi connectivity index (χ3n) is 1.12. The van der Waals surface area contributed by atoms with E-state index in [1.54, 1.807) is 4.80 Å². The average molecular weight is 141 g/mol. The molecule has 5 nitrogen and oxygen atoms in total. The summed E-state index contributed by atoms with van der Waals surface area (Å²) in [5, 5.41) is 10.8. The molecule has 0 saturated heterocycles. The highest BCUT2D eigenvalue weighted by Gasteiger charge is 1.92. The molecule has 1 aromatic rings. The predicted molar refractivity (Wildman–Crippen MR) is 38.4 cm³/mol. The van der Waals surface area contributed by atoms with Crippen molar-refractivity contribution < 1.29 is 0 Å². The predicted octanol–water partition coefficient (Wildman–Crippen LogP) is -0.920. The first-order chi connectivity index (χ1) is 4.83. The van der Waals surface area contributed by atoms with E-state index in [0.717, 1.165) is 13.1 Å². The van der Waals surface area contributed by atoms with Gasteiger partial charge in [0.15, 0.2) is 5.82 Å². The lowest BCUT2D eigenvalue weighted by atomic mass is 10.6. The van der Waals surface area contributed by atoms with Gasteiger partial charge >= 0.3 is 0 Å². The second kappa shape index (κ2) is 3.17. The summed E-state index contributed by atoms with van der Waals surface area (Å²) in [6, 6.07) is 0. The molecule has 0 bridgehead atoms. The number of nitrogens with zero attached hydrogens (tertiary/aromatic N) is 3. The highest BCUT2D eigenvalue weighted by Crippen LogP contribution is 1.88. The van der Waals surface area contributed by atoms with Crippen LogP contribution in [-0.4, -0.2) is 28.6 Å². The molecule has 0 unspecified atom stereocenters. The van der Waals surface area contributed by atoms with Gasteiger partial charge in [0.25, 0.3) is 0 Å². The maximum Gasteiger partial charge on any atom is 0.165 e. The standard InChI is InChI=1S/C5H11N5/c1-7-2-3-10-8-4-5(6)9-10/h4,7H,2-3H2,1H3,(H2,6,9). The van der Waals surface area contributed by atoms with Crippen molar-refractivity contribution in [1.29, 1.82) is 0 Å². The zero-order valence-corrected chi connectivity index (χ0v) is 5.91. The van der Waals surface area contributed by atoms with Crippen molar-refractivity contribution in [1.82, 2.24) is 20.3 Å². The second-order valence-electron chi connectivity index (χ2n) is 1.97. The molecular weight excluding hydrogens is 130 g/mol. The fraction of sp³-hybridized carbons (Fsp3) is 0.600. The van der Waals surface area contributed by atoms with E-state index in [9.17, 15) is 0 Å². The van der Waals surface area contributed by atoms with Gasteiger partial charge in [0.2, 0.25) is 0 Å². The van der Waals surface area contributed by atoms with Crippen LogP contribution in [0.4, 0.5) is 5.82 Å². The van der Waals surface area contributed by atoms with E-state index in [2.05, 4.69) is 15.5 Å². The van der Waals surface area contributed by atoms with Crippen LogP contribution in [-0.2, 0) is 6.54 Å². The van der Waals surface area contributed by atoms with E-state index in [1.807, 2.05) is 7.05 Å². The number of nitrogens with two attached hydrogens (primary N) is 1. The minimum atomic E-state index is 0.469. The summed E-state index contributed by atoms with van der Waals surface area (Å²) < 4.78 is 0. The SMILES string of the molecule is CNCCn1ncc(N)n1. The number of nitrogen functional groups attached to an aromatic ring is 1. The van der Waals surface area contributed by atoms with E-state index < -0.39 is 0 Å². The van der Waals surface area contributed by atoms with E-state index in [4.69, 9.17) is 5.73 Å². The number of likely N-dealkylation sites (N-methyl/N-ethyl adjacent to an activating group) is 1. The van der Waals surface area contributed by atoms with Gasteiger partial charge in [0.05, 0.1) is 12.7 Å². The quantitative estimate of drug-likeness (QED) is 0.571. The lowest BCUT2D eigenvalue weighted by Crippen LogP contribution is -2.16. The number of anilines is 1. The monoisotopic (exact) mass is 141 g/mol. The first kappa shape index (κ1) is 7.01. The van der Waals surface area contributed by atoms with Crippen LogP contribution in [0.25, 0.3) is 0 Å². The van der Waals surface area contributed by atoms with E-state index in [0.29, 0.717) is 5.82 Å². The van der Waals surface area contributed by atoms with Gasteiger partial charge in [-0.15, -0.1) is 5.10 Å². The molecule has 56 valence electrons. The molecule has 0 aliphatic rings. The van der Waals surface area contributed by atoms with Gasteiger partial charge in [0.1, 0.15) is 0 Å². The maximum atomic E-state index is 5.34. The minimum Gasteiger partial charge on any atom is -0.381 e. The Morgan fingerprint density at radius 1 is 1.80 bits per heavy atom. The van der Waals surface area contributed by atoms with Crippen molar-refractivity contribution >= 4 is 5.82 Å². The first-order valence-electron chi connectivity index (χ1n) is 3.13. The molecule has 1 rings (SSSR count). The maximum absolute atomic E-state index is 5.34. The average Bonchev–Trinajstić information content (AvgIpc) is 2.31. The summed E-state index contributed by atoms with van der Waals surface area (Å²) in [4.78, 5) is 1.56. The molecule has 5 heteroatoms. The van der Waals surface area contributed by atoms with Crippen LogP contribution in [0.5, 0.6) is 0 Å². The molecule has 3 N–H and O–H groups in total. The van der Waals surface area contributed by atoms with E-state index in [1.165, 1.54) is 6.20 Å². The number of nitrogens with one attached hydrogen (secondary N) is 1. The Balaban J connectivity index is 2.42. The molecule has 0 aromatic carbocycles. The largest absolute Gasteiger partial charge is 0.381 e. The normalized spacial score (nSPS) is 10.1. The van der Waals surface area contributed by atoms with Gasteiger partial charge < -0.3 is 11.1 Å². The molecular formula is C5H11N5. The molecule has 0 aliphatic heterocycles. The molecule has 1 aromatic heterocycles. The molecule has 0 spiro atoms. The summed E-state index contributed by atoms with van der Waals surface area (Å²) >= 11 is 0. The first-order valence-corrected chi connectivity index (χ1v) is 3.13. The minimum absolute atomic E-state index is 0.469. The summed E-state index contributed by atoms with van der Waals surface area (Å²) in [7, 11) is 1.88. The highest BCUT2D eigenvalue weighted by molar-refractivity contribution is 5.19. The fourth-order valence-electron chi connectivity index (χ4n) is 0.630. The van der Waals surface area contributed by atoms with Crippen molar-refractivity contribution in [2.24, 2.45) is 0 Å².